The van der Waals surface area contributed by atoms with E-state index in [4.69, 9.17) is 0 Å². The molecule has 0 aliphatic heterocycles. The molecule has 1 rings (SSSR count). The summed E-state index contributed by atoms with van der Waals surface area (Å²) < 4.78 is 0. The highest BCUT2D eigenvalue weighted by Gasteiger charge is 2.50. The van der Waals surface area contributed by atoms with E-state index in [1.807, 2.05) is 20.8 Å². The molecule has 0 aromatic carbocycles. The Bertz CT molecular complexity index is 497. The molecular formula is C13H17N3O3. The van der Waals surface area contributed by atoms with Gasteiger partial charge in [0.15, 0.2) is 0 Å². The second-order valence-corrected chi connectivity index (χ2v) is 6.23. The van der Waals surface area contributed by atoms with E-state index in [-0.39, 0.29) is 12.0 Å². The van der Waals surface area contributed by atoms with Crippen LogP contribution in [0.2, 0.25) is 0 Å². The number of rotatable bonds is 4. The van der Waals surface area contributed by atoms with Crippen molar-refractivity contribution in [2.45, 2.75) is 51.1 Å². The van der Waals surface area contributed by atoms with Crippen molar-refractivity contribution in [2.75, 3.05) is 6.54 Å². The van der Waals surface area contributed by atoms with Crippen molar-refractivity contribution in [1.29, 1.82) is 0 Å². The Morgan fingerprint density at radius 2 is 1.53 bits per heavy atom. The predicted molar refractivity (Wildman–Crippen MR) is 68.0 cm³/mol. The van der Waals surface area contributed by atoms with Gasteiger partial charge in [0, 0.05) is 6.42 Å². The molecule has 0 heterocycles. The van der Waals surface area contributed by atoms with Gasteiger partial charge >= 0.3 is 0 Å². The van der Waals surface area contributed by atoms with E-state index in [0.717, 1.165) is 0 Å². The second kappa shape index (κ2) is 5.41. The molecule has 1 saturated carbocycles. The Hall–Kier alpha value is -1.86. The fourth-order valence-electron chi connectivity index (χ4n) is 3.51. The van der Waals surface area contributed by atoms with Gasteiger partial charge in [-0.05, 0) is 25.2 Å². The van der Waals surface area contributed by atoms with Crippen LogP contribution in [0.1, 0.15) is 40.0 Å². The molecule has 0 bridgehead atoms. The molecular weight excluding hydrogens is 246 g/mol. The lowest BCUT2D eigenvalue weighted by molar-refractivity contribution is 0.0953. The highest BCUT2D eigenvalue weighted by Crippen LogP contribution is 2.49. The maximum atomic E-state index is 10.7. The summed E-state index contributed by atoms with van der Waals surface area (Å²) in [7, 11) is 0. The van der Waals surface area contributed by atoms with Crippen molar-refractivity contribution in [3.05, 3.63) is 0 Å². The molecule has 0 aromatic heterocycles. The number of carbonyl (C=O) groups excluding carboxylic acids is 3. The molecule has 1 aliphatic rings. The highest BCUT2D eigenvalue weighted by molar-refractivity contribution is 5.39. The quantitative estimate of drug-likeness (QED) is 0.571. The lowest BCUT2D eigenvalue weighted by Gasteiger charge is -2.47. The fourth-order valence-corrected chi connectivity index (χ4v) is 3.51. The molecule has 1 fully saturated rings. The van der Waals surface area contributed by atoms with E-state index in [0.29, 0.717) is 19.3 Å². The van der Waals surface area contributed by atoms with E-state index < -0.39 is 11.1 Å². The summed E-state index contributed by atoms with van der Waals surface area (Å²) >= 11 is 0. The molecule has 6 nitrogen and oxygen atoms in total. The zero-order valence-electron chi connectivity index (χ0n) is 11.4. The third-order valence-corrected chi connectivity index (χ3v) is 3.41. The highest BCUT2D eigenvalue weighted by atomic mass is 16.1. The van der Waals surface area contributed by atoms with Crippen molar-refractivity contribution >= 4 is 18.2 Å². The summed E-state index contributed by atoms with van der Waals surface area (Å²) in [5.74, 6) is 0. The maximum Gasteiger partial charge on any atom is 0.235 e. The van der Waals surface area contributed by atoms with Gasteiger partial charge in [0.2, 0.25) is 18.2 Å². The molecule has 0 aromatic rings. The minimum atomic E-state index is -0.851. The van der Waals surface area contributed by atoms with E-state index in [1.54, 1.807) is 12.2 Å². The molecule has 0 N–H and O–H groups in total. The monoisotopic (exact) mass is 263 g/mol. The minimum Gasteiger partial charge on any atom is -0.211 e. The summed E-state index contributed by atoms with van der Waals surface area (Å²) in [6.45, 7) is 5.88. The van der Waals surface area contributed by atoms with Gasteiger partial charge in [-0.3, -0.25) is 0 Å². The lowest BCUT2D eigenvalue weighted by Crippen LogP contribution is -2.50. The number of hydrogen-bond donors (Lipinski definition) is 0. The molecule has 2 unspecified atom stereocenters. The normalized spacial score (nSPS) is 32.4. The van der Waals surface area contributed by atoms with Crippen molar-refractivity contribution in [3.8, 4) is 0 Å². The van der Waals surface area contributed by atoms with Crippen LogP contribution in [0, 0.1) is 5.41 Å². The van der Waals surface area contributed by atoms with Crippen LogP contribution in [-0.2, 0) is 14.4 Å². The van der Waals surface area contributed by atoms with Crippen molar-refractivity contribution < 1.29 is 14.4 Å². The summed E-state index contributed by atoms with van der Waals surface area (Å²) in [6, 6.07) is 0. The molecule has 0 amide bonds. The second-order valence-electron chi connectivity index (χ2n) is 6.23. The van der Waals surface area contributed by atoms with Crippen LogP contribution in [0.4, 0.5) is 0 Å². The van der Waals surface area contributed by atoms with E-state index in [2.05, 4.69) is 15.0 Å². The van der Waals surface area contributed by atoms with E-state index in [9.17, 15) is 14.4 Å². The third-order valence-electron chi connectivity index (χ3n) is 3.41. The summed E-state index contributed by atoms with van der Waals surface area (Å²) in [5, 5.41) is 0. The predicted octanol–water partition coefficient (Wildman–Crippen LogP) is 1.70. The van der Waals surface area contributed by atoms with Crippen LogP contribution in [0.15, 0.2) is 15.0 Å². The van der Waals surface area contributed by atoms with E-state index >= 15 is 0 Å². The van der Waals surface area contributed by atoms with Crippen molar-refractivity contribution in [2.24, 2.45) is 20.4 Å². The Kier molecular flexibility index (Phi) is 4.33. The lowest BCUT2D eigenvalue weighted by atomic mass is 9.61. The smallest absolute Gasteiger partial charge is 0.211 e. The van der Waals surface area contributed by atoms with Gasteiger partial charge in [0.25, 0.3) is 0 Å². The maximum absolute atomic E-state index is 10.7. The zero-order chi connectivity index (χ0) is 14.6. The third kappa shape index (κ3) is 3.80. The summed E-state index contributed by atoms with van der Waals surface area (Å²) in [4.78, 5) is 42.9. The van der Waals surface area contributed by atoms with Gasteiger partial charge in [0.1, 0.15) is 0 Å². The first kappa shape index (κ1) is 15.2. The molecule has 0 radical (unpaired) electrons. The molecule has 0 spiro atoms. The Labute approximate surface area is 111 Å². The van der Waals surface area contributed by atoms with Gasteiger partial charge in [-0.25, -0.2) is 19.4 Å². The number of hydrogen-bond acceptors (Lipinski definition) is 6. The summed E-state index contributed by atoms with van der Waals surface area (Å²) in [6.07, 6.45) is 6.20. The van der Waals surface area contributed by atoms with Crippen LogP contribution < -0.4 is 0 Å². The first-order chi connectivity index (χ1) is 8.80. The SMILES string of the molecule is CC1(C)CC(C)(N=C=O)CC(CN=C=O)(N=C=O)C1. The average molecular weight is 263 g/mol. The van der Waals surface area contributed by atoms with Crippen LogP contribution >= 0.6 is 0 Å². The Morgan fingerprint density at radius 3 is 2.05 bits per heavy atom. The molecule has 6 heteroatoms. The first-order valence-electron chi connectivity index (χ1n) is 6.02. The number of isocyanates is 3. The van der Waals surface area contributed by atoms with Crippen LogP contribution in [0.3, 0.4) is 0 Å². The van der Waals surface area contributed by atoms with Gasteiger partial charge in [0.05, 0.1) is 17.6 Å². The molecule has 1 aliphatic carbocycles. The molecule has 102 valence electrons. The zero-order valence-corrected chi connectivity index (χ0v) is 11.4. The van der Waals surface area contributed by atoms with Crippen LogP contribution in [0.5, 0.6) is 0 Å². The number of aliphatic imine (C=N–C) groups is 3. The van der Waals surface area contributed by atoms with Gasteiger partial charge in [-0.15, -0.1) is 0 Å². The fraction of sp³-hybridized carbons (Fsp3) is 0.769. The van der Waals surface area contributed by atoms with Crippen LogP contribution in [-0.4, -0.2) is 35.9 Å². The van der Waals surface area contributed by atoms with Crippen molar-refractivity contribution in [1.82, 2.24) is 0 Å². The van der Waals surface area contributed by atoms with Gasteiger partial charge < -0.3 is 0 Å². The molecule has 2 atom stereocenters. The average Bonchev–Trinajstić information content (AvgIpc) is 2.23. The Morgan fingerprint density at radius 1 is 0.895 bits per heavy atom. The molecule has 0 saturated heterocycles. The van der Waals surface area contributed by atoms with E-state index in [1.165, 1.54) is 6.08 Å². The first-order valence-corrected chi connectivity index (χ1v) is 6.02. The largest absolute Gasteiger partial charge is 0.235 e. The number of nitrogens with zero attached hydrogens (tertiary/aromatic N) is 3. The Balaban J connectivity index is 3.25. The standard InChI is InChI=1S/C13H17N3O3/c1-11(2)4-12(3,15-9-18)6-13(5-11,16-10-19)7-14-8-17/h4-7H2,1-3H3. The van der Waals surface area contributed by atoms with Crippen molar-refractivity contribution in [3.63, 3.8) is 0 Å². The van der Waals surface area contributed by atoms with Gasteiger partial charge in [-0.1, -0.05) is 13.8 Å². The topological polar surface area (TPSA) is 88.3 Å². The minimum absolute atomic E-state index is 0.0547. The molecule has 19 heavy (non-hydrogen) atoms. The van der Waals surface area contributed by atoms with Crippen LogP contribution in [0.25, 0.3) is 0 Å². The summed E-state index contributed by atoms with van der Waals surface area (Å²) in [5.41, 5.74) is -1.70. The van der Waals surface area contributed by atoms with Gasteiger partial charge in [-0.2, -0.15) is 9.98 Å².